The highest BCUT2D eigenvalue weighted by Crippen LogP contribution is 2.32. The third kappa shape index (κ3) is 2.76. The van der Waals surface area contributed by atoms with Crippen LogP contribution in [0, 0.1) is 5.82 Å². The SMILES string of the molecule is O=C(O)c1nc(N2CC[C@H](c3ccccc3F)C2)ccc1Cl. The highest BCUT2D eigenvalue weighted by atomic mass is 35.5. The predicted molar refractivity (Wildman–Crippen MR) is 82.2 cm³/mol. The molecule has 0 saturated carbocycles. The molecule has 1 aromatic carbocycles. The van der Waals surface area contributed by atoms with E-state index in [1.54, 1.807) is 18.2 Å². The van der Waals surface area contributed by atoms with Crippen molar-refractivity contribution >= 4 is 23.4 Å². The van der Waals surface area contributed by atoms with Crippen molar-refractivity contribution in [1.82, 2.24) is 4.98 Å². The fourth-order valence-electron chi connectivity index (χ4n) is 2.79. The zero-order valence-corrected chi connectivity index (χ0v) is 12.4. The molecular formula is C16H14ClFN2O2. The molecule has 0 radical (unpaired) electrons. The Balaban J connectivity index is 1.83. The van der Waals surface area contributed by atoms with Crippen LogP contribution in [0.5, 0.6) is 0 Å². The largest absolute Gasteiger partial charge is 0.476 e. The molecule has 1 N–H and O–H groups in total. The van der Waals surface area contributed by atoms with Gasteiger partial charge in [0.1, 0.15) is 11.6 Å². The van der Waals surface area contributed by atoms with Crippen LogP contribution in [0.25, 0.3) is 0 Å². The van der Waals surface area contributed by atoms with Crippen molar-refractivity contribution in [3.63, 3.8) is 0 Å². The maximum absolute atomic E-state index is 13.9. The van der Waals surface area contributed by atoms with Gasteiger partial charge < -0.3 is 10.0 Å². The Kier molecular flexibility index (Phi) is 3.98. The second-order valence-corrected chi connectivity index (χ2v) is 5.67. The molecule has 114 valence electrons. The Bertz CT molecular complexity index is 723. The summed E-state index contributed by atoms with van der Waals surface area (Å²) in [6, 6.07) is 9.97. The summed E-state index contributed by atoms with van der Waals surface area (Å²) in [6.45, 7) is 1.31. The number of anilines is 1. The molecule has 0 aliphatic carbocycles. The number of carbonyl (C=O) groups is 1. The van der Waals surface area contributed by atoms with Gasteiger partial charge in [0.2, 0.25) is 0 Å². The topological polar surface area (TPSA) is 53.4 Å². The van der Waals surface area contributed by atoms with E-state index in [-0.39, 0.29) is 22.5 Å². The Morgan fingerprint density at radius 2 is 2.09 bits per heavy atom. The molecule has 2 aromatic rings. The zero-order valence-electron chi connectivity index (χ0n) is 11.7. The molecule has 1 atom stereocenters. The summed E-state index contributed by atoms with van der Waals surface area (Å²) < 4.78 is 13.9. The standard InChI is InChI=1S/C16H14ClFN2O2/c17-12-5-6-14(19-15(12)16(21)22)20-8-7-10(9-20)11-3-1-2-4-13(11)18/h1-6,10H,7-9H2,(H,21,22)/t10-/m0/s1. The lowest BCUT2D eigenvalue weighted by atomic mass is 9.98. The Morgan fingerprint density at radius 1 is 1.32 bits per heavy atom. The van der Waals surface area contributed by atoms with Crippen molar-refractivity contribution in [2.45, 2.75) is 12.3 Å². The number of hydrogen-bond donors (Lipinski definition) is 1. The van der Waals surface area contributed by atoms with E-state index >= 15 is 0 Å². The predicted octanol–water partition coefficient (Wildman–Crippen LogP) is 3.57. The van der Waals surface area contributed by atoms with Crippen LogP contribution in [0.2, 0.25) is 5.02 Å². The number of rotatable bonds is 3. The first-order valence-electron chi connectivity index (χ1n) is 6.95. The van der Waals surface area contributed by atoms with Crippen molar-refractivity contribution < 1.29 is 14.3 Å². The third-order valence-electron chi connectivity index (χ3n) is 3.89. The van der Waals surface area contributed by atoms with E-state index in [9.17, 15) is 9.18 Å². The highest BCUT2D eigenvalue weighted by molar-refractivity contribution is 6.33. The van der Waals surface area contributed by atoms with Crippen molar-refractivity contribution in [3.05, 3.63) is 58.5 Å². The molecule has 6 heteroatoms. The molecule has 1 fully saturated rings. The summed E-state index contributed by atoms with van der Waals surface area (Å²) in [5.74, 6) is -0.728. The van der Waals surface area contributed by atoms with E-state index in [4.69, 9.17) is 16.7 Å². The van der Waals surface area contributed by atoms with Gasteiger partial charge in [-0.1, -0.05) is 29.8 Å². The lowest BCUT2D eigenvalue weighted by Gasteiger charge is -2.18. The van der Waals surface area contributed by atoms with Gasteiger partial charge in [-0.15, -0.1) is 0 Å². The molecule has 1 aromatic heterocycles. The van der Waals surface area contributed by atoms with Gasteiger partial charge in [0, 0.05) is 19.0 Å². The van der Waals surface area contributed by atoms with Crippen molar-refractivity contribution in [1.29, 1.82) is 0 Å². The van der Waals surface area contributed by atoms with Gasteiger partial charge in [-0.05, 0) is 30.2 Å². The smallest absolute Gasteiger partial charge is 0.356 e. The third-order valence-corrected chi connectivity index (χ3v) is 4.20. The van der Waals surface area contributed by atoms with E-state index in [1.807, 2.05) is 11.0 Å². The Hall–Kier alpha value is -2.14. The van der Waals surface area contributed by atoms with Crippen molar-refractivity contribution in [2.75, 3.05) is 18.0 Å². The molecule has 1 aliphatic heterocycles. The van der Waals surface area contributed by atoms with E-state index in [1.165, 1.54) is 12.1 Å². The molecule has 22 heavy (non-hydrogen) atoms. The maximum atomic E-state index is 13.9. The number of aromatic nitrogens is 1. The summed E-state index contributed by atoms with van der Waals surface area (Å²) >= 11 is 5.83. The molecule has 0 amide bonds. The molecule has 2 heterocycles. The van der Waals surface area contributed by atoms with Crippen LogP contribution in [0.3, 0.4) is 0 Å². The number of pyridine rings is 1. The maximum Gasteiger partial charge on any atom is 0.356 e. The average molecular weight is 321 g/mol. The second kappa shape index (κ2) is 5.93. The summed E-state index contributed by atoms with van der Waals surface area (Å²) in [7, 11) is 0. The molecule has 3 rings (SSSR count). The van der Waals surface area contributed by atoms with Crippen LogP contribution < -0.4 is 4.90 Å². The average Bonchev–Trinajstić information content (AvgIpc) is 2.97. The van der Waals surface area contributed by atoms with Crippen LogP contribution in [0.1, 0.15) is 28.4 Å². The van der Waals surface area contributed by atoms with E-state index in [2.05, 4.69) is 4.98 Å². The first kappa shape index (κ1) is 14.8. The molecule has 0 bridgehead atoms. The van der Waals surface area contributed by atoms with Gasteiger partial charge in [0.15, 0.2) is 5.69 Å². The van der Waals surface area contributed by atoms with Crippen LogP contribution >= 0.6 is 11.6 Å². The lowest BCUT2D eigenvalue weighted by Crippen LogP contribution is -2.21. The van der Waals surface area contributed by atoms with Crippen LogP contribution in [0.15, 0.2) is 36.4 Å². The quantitative estimate of drug-likeness (QED) is 0.939. The number of carboxylic acid groups (broad SMARTS) is 1. The second-order valence-electron chi connectivity index (χ2n) is 5.26. The first-order chi connectivity index (χ1) is 10.6. The van der Waals surface area contributed by atoms with Crippen LogP contribution in [-0.2, 0) is 0 Å². The fraction of sp³-hybridized carbons (Fsp3) is 0.250. The van der Waals surface area contributed by atoms with Gasteiger partial charge in [0.25, 0.3) is 0 Å². The van der Waals surface area contributed by atoms with Crippen molar-refractivity contribution in [3.8, 4) is 0 Å². The van der Waals surface area contributed by atoms with Gasteiger partial charge in [-0.25, -0.2) is 14.2 Å². The minimum atomic E-state index is -1.16. The minimum absolute atomic E-state index is 0.0759. The number of hydrogen-bond acceptors (Lipinski definition) is 3. The summed E-state index contributed by atoms with van der Waals surface area (Å²) in [5, 5.41) is 9.20. The fourth-order valence-corrected chi connectivity index (χ4v) is 2.97. The summed E-state index contributed by atoms with van der Waals surface area (Å²) in [6.07, 6.45) is 0.799. The summed E-state index contributed by atoms with van der Waals surface area (Å²) in [4.78, 5) is 17.2. The Morgan fingerprint density at radius 3 is 2.82 bits per heavy atom. The van der Waals surface area contributed by atoms with E-state index < -0.39 is 5.97 Å². The first-order valence-corrected chi connectivity index (χ1v) is 7.33. The monoisotopic (exact) mass is 320 g/mol. The normalized spacial score (nSPS) is 17.7. The number of carboxylic acids is 1. The van der Waals surface area contributed by atoms with Gasteiger partial charge in [-0.3, -0.25) is 0 Å². The summed E-state index contributed by atoms with van der Waals surface area (Å²) in [5.41, 5.74) is 0.533. The van der Waals surface area contributed by atoms with Gasteiger partial charge >= 0.3 is 5.97 Å². The molecule has 1 saturated heterocycles. The van der Waals surface area contributed by atoms with Crippen molar-refractivity contribution in [2.24, 2.45) is 0 Å². The number of aromatic carboxylic acids is 1. The highest BCUT2D eigenvalue weighted by Gasteiger charge is 2.27. The number of halogens is 2. The van der Waals surface area contributed by atoms with Gasteiger partial charge in [-0.2, -0.15) is 0 Å². The van der Waals surface area contributed by atoms with E-state index in [0.717, 1.165) is 6.42 Å². The van der Waals surface area contributed by atoms with Gasteiger partial charge in [0.05, 0.1) is 5.02 Å². The number of benzene rings is 1. The van der Waals surface area contributed by atoms with Crippen LogP contribution in [0.4, 0.5) is 10.2 Å². The molecule has 0 unspecified atom stereocenters. The molecule has 1 aliphatic rings. The minimum Gasteiger partial charge on any atom is -0.476 e. The van der Waals surface area contributed by atoms with Crippen LogP contribution in [-0.4, -0.2) is 29.1 Å². The Labute approximate surface area is 132 Å². The zero-order chi connectivity index (χ0) is 15.7. The molecule has 0 spiro atoms. The van der Waals surface area contributed by atoms with E-state index in [0.29, 0.717) is 24.5 Å². The lowest BCUT2D eigenvalue weighted by molar-refractivity contribution is 0.0691. The molecule has 4 nitrogen and oxygen atoms in total. The molecular weight excluding hydrogens is 307 g/mol. The number of nitrogens with zero attached hydrogens (tertiary/aromatic N) is 2.